The first-order chi connectivity index (χ1) is 13.7. The van der Waals surface area contributed by atoms with Gasteiger partial charge in [-0.05, 0) is 25.0 Å². The van der Waals surface area contributed by atoms with E-state index in [2.05, 4.69) is 20.3 Å². The second kappa shape index (κ2) is 6.38. The van der Waals surface area contributed by atoms with E-state index in [1.807, 2.05) is 4.40 Å². The van der Waals surface area contributed by atoms with Crippen molar-refractivity contribution in [1.82, 2.24) is 29.4 Å². The van der Waals surface area contributed by atoms with E-state index >= 15 is 0 Å². The van der Waals surface area contributed by atoms with Gasteiger partial charge in [-0.3, -0.25) is 9.38 Å². The summed E-state index contributed by atoms with van der Waals surface area (Å²) in [4.78, 5) is 8.70. The molecule has 0 amide bonds. The van der Waals surface area contributed by atoms with E-state index in [1.54, 1.807) is 31.0 Å². The Morgan fingerprint density at radius 1 is 1.29 bits per heavy atom. The quantitative estimate of drug-likeness (QED) is 0.572. The predicted octanol–water partition coefficient (Wildman–Crippen LogP) is 2.42. The topological polar surface area (TPSA) is 90.4 Å². The van der Waals surface area contributed by atoms with E-state index in [0.717, 1.165) is 24.1 Å². The standard InChI is InChI=1S/C19H17FN6O2/c1-28-16-5-4-12(6-14(16)20)26-9-15(23-24-26)19(27)18-17(11-2-3-11)22-8-13-7-21-10-25(13)18/h4-11,19,27H,2-3H2,1H3. The number of rotatable bonds is 5. The molecule has 1 fully saturated rings. The smallest absolute Gasteiger partial charge is 0.167 e. The third-order valence-corrected chi connectivity index (χ3v) is 4.94. The Bertz CT molecular complexity index is 1170. The molecule has 9 heteroatoms. The maximum atomic E-state index is 14.0. The van der Waals surface area contributed by atoms with Gasteiger partial charge in [-0.25, -0.2) is 14.1 Å². The molecule has 1 saturated carbocycles. The average Bonchev–Trinajstić information content (AvgIpc) is 3.24. The summed E-state index contributed by atoms with van der Waals surface area (Å²) in [7, 11) is 1.41. The molecule has 3 aromatic heterocycles. The Hall–Kier alpha value is -3.33. The normalized spacial score (nSPS) is 15.1. The maximum Gasteiger partial charge on any atom is 0.167 e. The molecular formula is C19H17FN6O2. The largest absolute Gasteiger partial charge is 0.494 e. The third-order valence-electron chi connectivity index (χ3n) is 4.94. The first kappa shape index (κ1) is 16.8. The number of ether oxygens (including phenoxy) is 1. The van der Waals surface area contributed by atoms with Crippen LogP contribution >= 0.6 is 0 Å². The first-order valence-corrected chi connectivity index (χ1v) is 8.91. The van der Waals surface area contributed by atoms with Crippen LogP contribution in [0, 0.1) is 5.82 Å². The van der Waals surface area contributed by atoms with Gasteiger partial charge in [0.05, 0.1) is 54.6 Å². The Labute approximate surface area is 159 Å². The highest BCUT2D eigenvalue weighted by atomic mass is 19.1. The Kier molecular flexibility index (Phi) is 3.83. The molecule has 1 aromatic carbocycles. The zero-order valence-corrected chi connectivity index (χ0v) is 15.0. The van der Waals surface area contributed by atoms with Crippen molar-refractivity contribution in [2.45, 2.75) is 24.9 Å². The number of fused-ring (bicyclic) bond motifs is 1. The number of aromatic nitrogens is 6. The van der Waals surface area contributed by atoms with Crippen LogP contribution in [-0.4, -0.2) is 41.6 Å². The summed E-state index contributed by atoms with van der Waals surface area (Å²) in [6.45, 7) is 0. The van der Waals surface area contributed by atoms with Gasteiger partial charge in [0.2, 0.25) is 0 Å². The minimum absolute atomic E-state index is 0.149. The minimum Gasteiger partial charge on any atom is -0.494 e. The SMILES string of the molecule is COc1ccc(-n2cc(C(O)c3c(C4CC4)ncc4cncn34)nn2)cc1F. The molecular weight excluding hydrogens is 363 g/mol. The number of aliphatic hydroxyl groups excluding tert-OH is 1. The summed E-state index contributed by atoms with van der Waals surface area (Å²) < 4.78 is 22.2. The number of nitrogens with zero attached hydrogens (tertiary/aromatic N) is 6. The van der Waals surface area contributed by atoms with Crippen molar-refractivity contribution in [3.63, 3.8) is 0 Å². The van der Waals surface area contributed by atoms with Crippen molar-refractivity contribution in [2.24, 2.45) is 0 Å². The van der Waals surface area contributed by atoms with E-state index in [1.165, 1.54) is 23.9 Å². The Morgan fingerprint density at radius 2 is 2.14 bits per heavy atom. The van der Waals surface area contributed by atoms with Gasteiger partial charge >= 0.3 is 0 Å². The van der Waals surface area contributed by atoms with Crippen molar-refractivity contribution >= 4 is 5.52 Å². The molecule has 4 aromatic rings. The lowest BCUT2D eigenvalue weighted by Gasteiger charge is -2.15. The number of hydrogen-bond donors (Lipinski definition) is 1. The lowest BCUT2D eigenvalue weighted by Crippen LogP contribution is -2.11. The maximum absolute atomic E-state index is 14.0. The van der Waals surface area contributed by atoms with Crippen LogP contribution in [0.1, 0.15) is 41.9 Å². The average molecular weight is 380 g/mol. The lowest BCUT2D eigenvalue weighted by molar-refractivity contribution is 0.206. The van der Waals surface area contributed by atoms with Crippen LogP contribution in [0.15, 0.2) is 43.1 Å². The molecule has 1 aliphatic carbocycles. The molecule has 0 spiro atoms. The predicted molar refractivity (Wildman–Crippen MR) is 96.9 cm³/mol. The van der Waals surface area contributed by atoms with Gasteiger partial charge in [-0.15, -0.1) is 5.10 Å². The molecule has 0 saturated heterocycles. The molecule has 0 radical (unpaired) electrons. The molecule has 1 aliphatic rings. The number of imidazole rings is 1. The highest BCUT2D eigenvalue weighted by Crippen LogP contribution is 2.42. The summed E-state index contributed by atoms with van der Waals surface area (Å²) >= 11 is 0. The second-order valence-electron chi connectivity index (χ2n) is 6.80. The molecule has 1 unspecified atom stereocenters. The zero-order valence-electron chi connectivity index (χ0n) is 15.0. The van der Waals surface area contributed by atoms with E-state index < -0.39 is 11.9 Å². The number of benzene rings is 1. The van der Waals surface area contributed by atoms with Gasteiger partial charge in [0.25, 0.3) is 0 Å². The molecule has 28 heavy (non-hydrogen) atoms. The third kappa shape index (κ3) is 2.71. The molecule has 142 valence electrons. The van der Waals surface area contributed by atoms with Gasteiger partial charge in [0.15, 0.2) is 11.6 Å². The molecule has 8 nitrogen and oxygen atoms in total. The van der Waals surface area contributed by atoms with Crippen LogP contribution in [0.25, 0.3) is 11.2 Å². The van der Waals surface area contributed by atoms with Crippen LogP contribution in [0.2, 0.25) is 0 Å². The van der Waals surface area contributed by atoms with Gasteiger partial charge < -0.3 is 9.84 Å². The fraction of sp³-hybridized carbons (Fsp3) is 0.263. The number of halogens is 1. The molecule has 3 heterocycles. The Morgan fingerprint density at radius 3 is 2.89 bits per heavy atom. The van der Waals surface area contributed by atoms with E-state index in [-0.39, 0.29) is 5.75 Å². The summed E-state index contributed by atoms with van der Waals surface area (Å²) in [5.41, 5.74) is 3.11. The van der Waals surface area contributed by atoms with E-state index in [0.29, 0.717) is 23.0 Å². The van der Waals surface area contributed by atoms with Gasteiger partial charge in [-0.2, -0.15) is 0 Å². The van der Waals surface area contributed by atoms with Crippen LogP contribution in [-0.2, 0) is 0 Å². The fourth-order valence-electron chi connectivity index (χ4n) is 3.34. The van der Waals surface area contributed by atoms with Crippen LogP contribution < -0.4 is 4.74 Å². The van der Waals surface area contributed by atoms with Crippen LogP contribution in [0.3, 0.4) is 0 Å². The van der Waals surface area contributed by atoms with Crippen molar-refractivity contribution in [3.05, 3.63) is 66.0 Å². The zero-order chi connectivity index (χ0) is 19.3. The summed E-state index contributed by atoms with van der Waals surface area (Å²) in [5, 5.41) is 19.2. The Balaban J connectivity index is 1.55. The van der Waals surface area contributed by atoms with E-state index in [4.69, 9.17) is 4.74 Å². The monoisotopic (exact) mass is 380 g/mol. The number of aliphatic hydroxyl groups is 1. The summed E-state index contributed by atoms with van der Waals surface area (Å²) in [5.74, 6) is -0.0146. The lowest BCUT2D eigenvalue weighted by atomic mass is 10.1. The van der Waals surface area contributed by atoms with Gasteiger partial charge in [-0.1, -0.05) is 5.21 Å². The second-order valence-corrected chi connectivity index (χ2v) is 6.80. The van der Waals surface area contributed by atoms with Gasteiger partial charge in [0, 0.05) is 12.0 Å². The molecule has 0 bridgehead atoms. The summed E-state index contributed by atoms with van der Waals surface area (Å²) in [6, 6.07) is 4.49. The highest BCUT2D eigenvalue weighted by Gasteiger charge is 2.32. The number of hydrogen-bond acceptors (Lipinski definition) is 6. The summed E-state index contributed by atoms with van der Waals surface area (Å²) in [6.07, 6.45) is 7.75. The highest BCUT2D eigenvalue weighted by molar-refractivity contribution is 5.47. The number of methoxy groups -OCH3 is 1. The van der Waals surface area contributed by atoms with Crippen molar-refractivity contribution in [3.8, 4) is 11.4 Å². The van der Waals surface area contributed by atoms with Crippen LogP contribution in [0.4, 0.5) is 4.39 Å². The van der Waals surface area contributed by atoms with E-state index in [9.17, 15) is 9.50 Å². The van der Waals surface area contributed by atoms with Crippen LogP contribution in [0.5, 0.6) is 5.75 Å². The van der Waals surface area contributed by atoms with Crippen molar-refractivity contribution in [2.75, 3.05) is 7.11 Å². The van der Waals surface area contributed by atoms with Crippen molar-refractivity contribution in [1.29, 1.82) is 0 Å². The molecule has 1 atom stereocenters. The van der Waals surface area contributed by atoms with Crippen molar-refractivity contribution < 1.29 is 14.2 Å². The molecule has 1 N–H and O–H groups in total. The molecule has 0 aliphatic heterocycles. The fourth-order valence-corrected chi connectivity index (χ4v) is 3.34. The molecule has 5 rings (SSSR count). The minimum atomic E-state index is -1.03. The first-order valence-electron chi connectivity index (χ1n) is 8.91. The van der Waals surface area contributed by atoms with Gasteiger partial charge in [0.1, 0.15) is 11.8 Å².